The van der Waals surface area contributed by atoms with Crippen molar-refractivity contribution in [3.8, 4) is 0 Å². The average molecular weight is 219 g/mol. The van der Waals surface area contributed by atoms with E-state index in [2.05, 4.69) is 48.4 Å². The van der Waals surface area contributed by atoms with Gasteiger partial charge in [0.25, 0.3) is 0 Å². The molecule has 3 rings (SSSR count). The van der Waals surface area contributed by atoms with Crippen LogP contribution in [0.5, 0.6) is 0 Å². The Morgan fingerprint density at radius 1 is 1.33 bits per heavy atom. The normalized spacial score (nSPS) is 33.5. The second kappa shape index (κ2) is 3.53. The molecule has 0 aromatic heterocycles. The van der Waals surface area contributed by atoms with E-state index in [0.717, 1.165) is 5.25 Å². The average Bonchev–Trinajstić information content (AvgIpc) is 2.64. The smallest absolute Gasteiger partial charge is 0.0567 e. The molecule has 2 atom stereocenters. The summed E-state index contributed by atoms with van der Waals surface area (Å²) in [5.74, 6) is 0. The van der Waals surface area contributed by atoms with Crippen LogP contribution in [-0.2, 0) is 5.54 Å². The lowest BCUT2D eigenvalue weighted by Crippen LogP contribution is -2.47. The number of hydrogen-bond donors (Lipinski definition) is 1. The number of rotatable bonds is 1. The van der Waals surface area contributed by atoms with Gasteiger partial charge in [0.05, 0.1) is 5.54 Å². The van der Waals surface area contributed by atoms with Crippen LogP contribution < -0.4 is 5.32 Å². The zero-order chi connectivity index (χ0) is 10.3. The molecule has 1 saturated carbocycles. The van der Waals surface area contributed by atoms with Crippen LogP contribution >= 0.6 is 11.8 Å². The van der Waals surface area contributed by atoms with Crippen molar-refractivity contribution in [3.05, 3.63) is 29.8 Å². The minimum Gasteiger partial charge on any atom is -0.309 e. The summed E-state index contributed by atoms with van der Waals surface area (Å²) >= 11 is 2.08. The van der Waals surface area contributed by atoms with Gasteiger partial charge in [0.1, 0.15) is 0 Å². The van der Waals surface area contributed by atoms with Crippen molar-refractivity contribution < 1.29 is 0 Å². The molecule has 0 unspecified atom stereocenters. The van der Waals surface area contributed by atoms with Gasteiger partial charge in [-0.15, -0.1) is 11.8 Å². The monoisotopic (exact) mass is 219 g/mol. The Morgan fingerprint density at radius 3 is 3.07 bits per heavy atom. The Kier molecular flexibility index (Phi) is 2.29. The summed E-state index contributed by atoms with van der Waals surface area (Å²) in [5.41, 5.74) is 1.82. The van der Waals surface area contributed by atoms with Crippen LogP contribution in [0.2, 0.25) is 0 Å². The van der Waals surface area contributed by atoms with E-state index in [1.165, 1.54) is 30.6 Å². The maximum Gasteiger partial charge on any atom is 0.0567 e. The fourth-order valence-electron chi connectivity index (χ4n) is 3.12. The summed E-state index contributed by atoms with van der Waals surface area (Å²) in [6, 6.07) is 8.92. The van der Waals surface area contributed by atoms with Crippen LogP contribution in [0.25, 0.3) is 0 Å². The predicted molar refractivity (Wildman–Crippen MR) is 65.3 cm³/mol. The maximum absolute atomic E-state index is 3.61. The highest BCUT2D eigenvalue weighted by Crippen LogP contribution is 2.54. The Hall–Kier alpha value is -0.470. The molecule has 0 bridgehead atoms. The highest BCUT2D eigenvalue weighted by Gasteiger charge is 2.47. The first-order valence-electron chi connectivity index (χ1n) is 5.82. The van der Waals surface area contributed by atoms with Gasteiger partial charge in [0.2, 0.25) is 0 Å². The van der Waals surface area contributed by atoms with Gasteiger partial charge in [0.15, 0.2) is 0 Å². The summed E-state index contributed by atoms with van der Waals surface area (Å²) in [7, 11) is 2.13. The van der Waals surface area contributed by atoms with E-state index in [-0.39, 0.29) is 5.54 Å². The van der Waals surface area contributed by atoms with Crippen molar-refractivity contribution in [1.29, 1.82) is 0 Å². The molecule has 15 heavy (non-hydrogen) atoms. The van der Waals surface area contributed by atoms with Crippen LogP contribution in [0.1, 0.15) is 31.2 Å². The molecule has 1 aliphatic heterocycles. The van der Waals surface area contributed by atoms with E-state index in [0.29, 0.717) is 0 Å². The fourth-order valence-corrected chi connectivity index (χ4v) is 4.81. The molecule has 0 amide bonds. The number of benzene rings is 1. The minimum atomic E-state index is 0.277. The van der Waals surface area contributed by atoms with Crippen LogP contribution in [0, 0.1) is 0 Å². The molecule has 1 aromatic rings. The molecule has 0 saturated heterocycles. The van der Waals surface area contributed by atoms with Gasteiger partial charge in [-0.05, 0) is 31.5 Å². The van der Waals surface area contributed by atoms with Gasteiger partial charge >= 0.3 is 0 Å². The van der Waals surface area contributed by atoms with Gasteiger partial charge in [-0.1, -0.05) is 31.0 Å². The molecule has 2 aliphatic rings. The fraction of sp³-hybridized carbons (Fsp3) is 0.538. The minimum absolute atomic E-state index is 0.277. The number of hydrogen-bond acceptors (Lipinski definition) is 2. The Balaban J connectivity index is 2.11. The molecule has 1 heterocycles. The van der Waals surface area contributed by atoms with Gasteiger partial charge in [-0.25, -0.2) is 0 Å². The van der Waals surface area contributed by atoms with Crippen molar-refractivity contribution in [2.45, 2.75) is 41.4 Å². The second-order valence-electron chi connectivity index (χ2n) is 4.57. The third kappa shape index (κ3) is 1.28. The molecule has 2 heteroatoms. The van der Waals surface area contributed by atoms with Crippen LogP contribution in [-0.4, -0.2) is 12.3 Å². The lowest BCUT2D eigenvalue weighted by Gasteiger charge is -2.39. The first kappa shape index (κ1) is 9.73. The molecule has 80 valence electrons. The van der Waals surface area contributed by atoms with Crippen LogP contribution in [0.15, 0.2) is 29.2 Å². The van der Waals surface area contributed by atoms with Crippen LogP contribution in [0.3, 0.4) is 0 Å². The standard InChI is InChI=1S/C13H17NS/c1-14-13-9-5-4-8-12(13)15-11-7-3-2-6-10(11)13/h2-3,6-7,12,14H,4-5,8-9H2,1H3/t12-,13+/m0/s1. The highest BCUT2D eigenvalue weighted by atomic mass is 32.2. The zero-order valence-electron chi connectivity index (χ0n) is 9.12. The molecular weight excluding hydrogens is 202 g/mol. The predicted octanol–water partition coefficient (Wildman–Crippen LogP) is 3.15. The van der Waals surface area contributed by atoms with Crippen molar-refractivity contribution in [1.82, 2.24) is 5.32 Å². The highest BCUT2D eigenvalue weighted by molar-refractivity contribution is 8.00. The summed E-state index contributed by atoms with van der Waals surface area (Å²) in [4.78, 5) is 1.50. The molecule has 1 nitrogen and oxygen atoms in total. The molecule has 1 N–H and O–H groups in total. The van der Waals surface area contributed by atoms with Crippen molar-refractivity contribution in [2.75, 3.05) is 7.05 Å². The molecule has 1 aliphatic carbocycles. The topological polar surface area (TPSA) is 12.0 Å². The number of thioether (sulfide) groups is 1. The first-order chi connectivity index (χ1) is 7.37. The van der Waals surface area contributed by atoms with E-state index in [1.54, 1.807) is 5.56 Å². The number of nitrogens with one attached hydrogen (secondary N) is 1. The van der Waals surface area contributed by atoms with E-state index < -0.39 is 0 Å². The Labute approximate surface area is 95.6 Å². The summed E-state index contributed by atoms with van der Waals surface area (Å²) in [6.07, 6.45) is 5.43. The van der Waals surface area contributed by atoms with Gasteiger partial charge < -0.3 is 5.32 Å². The Morgan fingerprint density at radius 2 is 2.20 bits per heavy atom. The molecular formula is C13H17NS. The lowest BCUT2D eigenvalue weighted by atomic mass is 9.76. The largest absolute Gasteiger partial charge is 0.309 e. The second-order valence-corrected chi connectivity index (χ2v) is 5.81. The summed E-state index contributed by atoms with van der Waals surface area (Å²) < 4.78 is 0. The third-order valence-electron chi connectivity index (χ3n) is 3.92. The number of fused-ring (bicyclic) bond motifs is 3. The van der Waals surface area contributed by atoms with E-state index in [1.807, 2.05) is 0 Å². The van der Waals surface area contributed by atoms with Crippen molar-refractivity contribution >= 4 is 11.8 Å². The summed E-state index contributed by atoms with van der Waals surface area (Å²) in [5, 5.41) is 4.37. The SMILES string of the molecule is CN[C@@]12CCCC[C@@H]1Sc1ccccc12. The van der Waals surface area contributed by atoms with Crippen molar-refractivity contribution in [3.63, 3.8) is 0 Å². The molecule has 0 spiro atoms. The van der Waals surface area contributed by atoms with Gasteiger partial charge in [0, 0.05) is 10.1 Å². The Bertz CT molecular complexity index is 377. The van der Waals surface area contributed by atoms with Crippen LogP contribution in [0.4, 0.5) is 0 Å². The molecule has 1 aromatic carbocycles. The maximum atomic E-state index is 3.61. The first-order valence-corrected chi connectivity index (χ1v) is 6.70. The van der Waals surface area contributed by atoms with E-state index in [4.69, 9.17) is 0 Å². The van der Waals surface area contributed by atoms with Gasteiger partial charge in [-0.3, -0.25) is 0 Å². The third-order valence-corrected chi connectivity index (χ3v) is 5.45. The van der Waals surface area contributed by atoms with Crippen molar-refractivity contribution in [2.24, 2.45) is 0 Å². The zero-order valence-corrected chi connectivity index (χ0v) is 9.94. The molecule has 1 fully saturated rings. The van der Waals surface area contributed by atoms with E-state index >= 15 is 0 Å². The molecule has 0 radical (unpaired) electrons. The van der Waals surface area contributed by atoms with Gasteiger partial charge in [-0.2, -0.15) is 0 Å². The summed E-state index contributed by atoms with van der Waals surface area (Å²) in [6.45, 7) is 0. The quantitative estimate of drug-likeness (QED) is 0.778. The lowest BCUT2D eigenvalue weighted by molar-refractivity contribution is 0.265. The van der Waals surface area contributed by atoms with E-state index in [9.17, 15) is 0 Å².